The predicted octanol–water partition coefficient (Wildman–Crippen LogP) is 4.46. The first kappa shape index (κ1) is 12.6. The Balaban J connectivity index is 1.83. The van der Waals surface area contributed by atoms with Gasteiger partial charge in [-0.05, 0) is 48.4 Å². The van der Waals surface area contributed by atoms with E-state index in [9.17, 15) is 5.11 Å². The van der Waals surface area contributed by atoms with Gasteiger partial charge < -0.3 is 5.11 Å². The molecule has 1 aromatic carbocycles. The van der Waals surface area contributed by atoms with E-state index in [4.69, 9.17) is 11.6 Å². The van der Waals surface area contributed by atoms with E-state index in [2.05, 4.69) is 17.5 Å². The van der Waals surface area contributed by atoms with Crippen LogP contribution in [0.2, 0.25) is 5.02 Å². The lowest BCUT2D eigenvalue weighted by atomic mass is 10.0. The molecule has 0 amide bonds. The van der Waals surface area contributed by atoms with E-state index >= 15 is 0 Å². The van der Waals surface area contributed by atoms with Gasteiger partial charge in [0.15, 0.2) is 0 Å². The highest BCUT2D eigenvalue weighted by Crippen LogP contribution is 2.23. The maximum atomic E-state index is 10.0. The van der Waals surface area contributed by atoms with Gasteiger partial charge in [-0.1, -0.05) is 29.8 Å². The molecule has 1 N–H and O–H groups in total. The number of rotatable bonds is 5. The monoisotopic (exact) mass is 266 g/mol. The molecule has 3 heteroatoms. The zero-order valence-electron chi connectivity index (χ0n) is 9.47. The Bertz CT molecular complexity index is 453. The van der Waals surface area contributed by atoms with Gasteiger partial charge in [-0.3, -0.25) is 0 Å². The molecule has 1 nitrogen and oxygen atoms in total. The van der Waals surface area contributed by atoms with Crippen molar-refractivity contribution < 1.29 is 5.11 Å². The van der Waals surface area contributed by atoms with E-state index in [1.807, 2.05) is 24.3 Å². The zero-order chi connectivity index (χ0) is 12.1. The third-order valence-electron chi connectivity index (χ3n) is 2.71. The van der Waals surface area contributed by atoms with Crippen LogP contribution in [-0.2, 0) is 6.42 Å². The summed E-state index contributed by atoms with van der Waals surface area (Å²) in [5, 5.41) is 12.8. The van der Waals surface area contributed by atoms with Gasteiger partial charge >= 0.3 is 0 Å². The number of thiophene rings is 1. The highest BCUT2D eigenvalue weighted by molar-refractivity contribution is 7.09. The first-order valence-corrected chi connectivity index (χ1v) is 6.97. The third-order valence-corrected chi connectivity index (χ3v) is 3.89. The Hall–Kier alpha value is -0.830. The molecule has 0 aliphatic carbocycles. The number of benzene rings is 1. The molecule has 90 valence electrons. The largest absolute Gasteiger partial charge is 0.388 e. The minimum Gasteiger partial charge on any atom is -0.388 e. The molecule has 0 radical (unpaired) electrons. The minimum atomic E-state index is -0.409. The normalized spacial score (nSPS) is 12.6. The molecule has 0 fully saturated rings. The molecule has 2 aromatic rings. The molecule has 1 atom stereocenters. The number of aliphatic hydroxyl groups is 1. The summed E-state index contributed by atoms with van der Waals surface area (Å²) in [6, 6.07) is 11.6. The quantitative estimate of drug-likeness (QED) is 0.847. The van der Waals surface area contributed by atoms with E-state index in [1.165, 1.54) is 4.88 Å². The smallest absolute Gasteiger partial charge is 0.0790 e. The molecule has 1 unspecified atom stereocenters. The maximum absolute atomic E-state index is 10.0. The van der Waals surface area contributed by atoms with Crippen molar-refractivity contribution in [3.63, 3.8) is 0 Å². The average Bonchev–Trinajstić information content (AvgIpc) is 2.82. The lowest BCUT2D eigenvalue weighted by Gasteiger charge is -2.10. The third kappa shape index (κ3) is 3.84. The highest BCUT2D eigenvalue weighted by atomic mass is 35.5. The standard InChI is InChI=1S/C14H15ClOS/c15-12-5-1-4-11(10-12)14(16)8-2-6-13-7-3-9-17-13/h1,3-5,7,9-10,14,16H,2,6,8H2. The van der Waals surface area contributed by atoms with Crippen molar-refractivity contribution in [1.29, 1.82) is 0 Å². The fraction of sp³-hybridized carbons (Fsp3) is 0.286. The van der Waals surface area contributed by atoms with Crippen molar-refractivity contribution in [3.05, 3.63) is 57.2 Å². The highest BCUT2D eigenvalue weighted by Gasteiger charge is 2.07. The first-order chi connectivity index (χ1) is 8.25. The van der Waals surface area contributed by atoms with Gasteiger partial charge in [-0.15, -0.1) is 11.3 Å². The molecule has 0 saturated carbocycles. The second-order valence-electron chi connectivity index (χ2n) is 4.04. The average molecular weight is 267 g/mol. The van der Waals surface area contributed by atoms with E-state index in [0.29, 0.717) is 5.02 Å². The number of aryl methyl sites for hydroxylation is 1. The van der Waals surface area contributed by atoms with Crippen molar-refractivity contribution in [2.75, 3.05) is 0 Å². The van der Waals surface area contributed by atoms with Crippen LogP contribution in [0.4, 0.5) is 0 Å². The van der Waals surface area contributed by atoms with Crippen LogP contribution in [0.25, 0.3) is 0 Å². The van der Waals surface area contributed by atoms with Crippen LogP contribution in [0.1, 0.15) is 29.4 Å². The summed E-state index contributed by atoms with van der Waals surface area (Å²) in [7, 11) is 0. The Morgan fingerprint density at radius 2 is 2.12 bits per heavy atom. The second-order valence-corrected chi connectivity index (χ2v) is 5.51. The van der Waals surface area contributed by atoms with Gasteiger partial charge in [0.1, 0.15) is 0 Å². The summed E-state index contributed by atoms with van der Waals surface area (Å²) in [6.45, 7) is 0. The van der Waals surface area contributed by atoms with Gasteiger partial charge in [-0.2, -0.15) is 0 Å². The van der Waals surface area contributed by atoms with Gasteiger partial charge in [0, 0.05) is 9.90 Å². The molecule has 0 bridgehead atoms. The zero-order valence-corrected chi connectivity index (χ0v) is 11.0. The molecule has 0 aliphatic rings. The second kappa shape index (κ2) is 6.20. The van der Waals surface area contributed by atoms with Gasteiger partial charge in [-0.25, -0.2) is 0 Å². The van der Waals surface area contributed by atoms with Crippen LogP contribution in [0.3, 0.4) is 0 Å². The van der Waals surface area contributed by atoms with Crippen molar-refractivity contribution in [2.45, 2.75) is 25.4 Å². The van der Waals surface area contributed by atoms with Gasteiger partial charge in [0.25, 0.3) is 0 Å². The molecule has 17 heavy (non-hydrogen) atoms. The SMILES string of the molecule is OC(CCCc1cccs1)c1cccc(Cl)c1. The lowest BCUT2D eigenvalue weighted by molar-refractivity contribution is 0.165. The summed E-state index contributed by atoms with van der Waals surface area (Å²) in [5.41, 5.74) is 0.906. The van der Waals surface area contributed by atoms with Gasteiger partial charge in [0.05, 0.1) is 6.10 Å². The van der Waals surface area contributed by atoms with Crippen molar-refractivity contribution >= 4 is 22.9 Å². The first-order valence-electron chi connectivity index (χ1n) is 5.71. The molecular weight excluding hydrogens is 252 g/mol. The summed E-state index contributed by atoms with van der Waals surface area (Å²) in [4.78, 5) is 1.38. The summed E-state index contributed by atoms with van der Waals surface area (Å²) in [5.74, 6) is 0. The number of hydrogen-bond acceptors (Lipinski definition) is 2. The van der Waals surface area contributed by atoms with Gasteiger partial charge in [0.2, 0.25) is 0 Å². The number of hydrogen-bond donors (Lipinski definition) is 1. The lowest BCUT2D eigenvalue weighted by Crippen LogP contribution is -1.98. The van der Waals surface area contributed by atoms with E-state index in [0.717, 1.165) is 24.8 Å². The Morgan fingerprint density at radius 3 is 2.82 bits per heavy atom. The summed E-state index contributed by atoms with van der Waals surface area (Å²) < 4.78 is 0. The van der Waals surface area contributed by atoms with E-state index < -0.39 is 6.10 Å². The molecule has 2 rings (SSSR count). The van der Waals surface area contributed by atoms with Crippen LogP contribution < -0.4 is 0 Å². The molecule has 0 aliphatic heterocycles. The molecule has 1 aromatic heterocycles. The Kier molecular flexibility index (Phi) is 4.60. The topological polar surface area (TPSA) is 20.2 Å². The predicted molar refractivity (Wildman–Crippen MR) is 73.7 cm³/mol. The fourth-order valence-corrected chi connectivity index (χ4v) is 2.75. The summed E-state index contributed by atoms with van der Waals surface area (Å²) in [6.07, 6.45) is 2.40. The maximum Gasteiger partial charge on any atom is 0.0790 e. The van der Waals surface area contributed by atoms with Crippen LogP contribution >= 0.6 is 22.9 Å². The van der Waals surface area contributed by atoms with Crippen molar-refractivity contribution in [3.8, 4) is 0 Å². The summed E-state index contributed by atoms with van der Waals surface area (Å²) >= 11 is 7.66. The van der Waals surface area contributed by atoms with Crippen molar-refractivity contribution in [2.24, 2.45) is 0 Å². The molecule has 1 heterocycles. The number of aliphatic hydroxyl groups excluding tert-OH is 1. The molecular formula is C14H15ClOS. The molecule has 0 spiro atoms. The minimum absolute atomic E-state index is 0.409. The van der Waals surface area contributed by atoms with E-state index in [-0.39, 0.29) is 0 Å². The number of halogens is 1. The Labute approximate surface area is 111 Å². The van der Waals surface area contributed by atoms with Crippen LogP contribution in [0.5, 0.6) is 0 Å². The van der Waals surface area contributed by atoms with Crippen LogP contribution in [0, 0.1) is 0 Å². The van der Waals surface area contributed by atoms with E-state index in [1.54, 1.807) is 11.3 Å². The van der Waals surface area contributed by atoms with Crippen molar-refractivity contribution in [1.82, 2.24) is 0 Å². The van der Waals surface area contributed by atoms with Crippen LogP contribution in [-0.4, -0.2) is 5.11 Å². The fourth-order valence-electron chi connectivity index (χ4n) is 1.81. The molecule has 0 saturated heterocycles. The Morgan fingerprint density at radius 1 is 1.24 bits per heavy atom. The van der Waals surface area contributed by atoms with Crippen LogP contribution in [0.15, 0.2) is 41.8 Å².